The van der Waals surface area contributed by atoms with E-state index in [9.17, 15) is 18.5 Å². The van der Waals surface area contributed by atoms with Gasteiger partial charge in [0, 0.05) is 30.7 Å². The molecule has 0 spiro atoms. The highest BCUT2D eigenvalue weighted by Crippen LogP contribution is 2.29. The molecule has 1 aromatic carbocycles. The van der Waals surface area contributed by atoms with Gasteiger partial charge in [0.25, 0.3) is 5.69 Å². The zero-order chi connectivity index (χ0) is 17.9. The Labute approximate surface area is 148 Å². The van der Waals surface area contributed by atoms with Crippen molar-refractivity contribution in [3.05, 3.63) is 55.2 Å². The number of hydrogen-bond donors (Lipinski definition) is 1. The number of hydrogen-bond acceptors (Lipinski definition) is 6. The molecule has 1 atom stereocenters. The second-order valence-corrected chi connectivity index (χ2v) is 8.41. The van der Waals surface area contributed by atoms with Crippen LogP contribution >= 0.6 is 22.9 Å². The van der Waals surface area contributed by atoms with Crippen LogP contribution in [0.15, 0.2) is 35.2 Å². The maximum absolute atomic E-state index is 12.5. The second kappa shape index (κ2) is 7.58. The van der Waals surface area contributed by atoms with E-state index in [0.717, 1.165) is 10.9 Å². The fourth-order valence-corrected chi connectivity index (χ4v) is 4.49. The van der Waals surface area contributed by atoms with Gasteiger partial charge in [0.2, 0.25) is 10.0 Å². The third kappa shape index (κ3) is 4.31. The number of nitro groups is 1. The molecule has 7 nitrogen and oxygen atoms in total. The van der Waals surface area contributed by atoms with Crippen molar-refractivity contribution < 1.29 is 18.1 Å². The number of aryl methyl sites for hydroxylation is 1. The van der Waals surface area contributed by atoms with Crippen LogP contribution in [0, 0.1) is 17.0 Å². The molecule has 1 heterocycles. The van der Waals surface area contributed by atoms with Crippen LogP contribution in [0.1, 0.15) is 16.5 Å². The molecule has 0 saturated heterocycles. The maximum Gasteiger partial charge on any atom is 0.270 e. The molecule has 10 heteroatoms. The van der Waals surface area contributed by atoms with Gasteiger partial charge in [-0.25, -0.2) is 13.1 Å². The predicted octanol–water partition coefficient (Wildman–Crippen LogP) is 3.28. The minimum absolute atomic E-state index is 0.0161. The number of nitrogens with zero attached hydrogens (tertiary/aromatic N) is 1. The van der Waals surface area contributed by atoms with Gasteiger partial charge in [0.1, 0.15) is 6.10 Å². The summed E-state index contributed by atoms with van der Waals surface area (Å²) in [4.78, 5) is 10.9. The van der Waals surface area contributed by atoms with E-state index in [4.69, 9.17) is 16.3 Å². The lowest BCUT2D eigenvalue weighted by atomic mass is 10.2. The molecule has 2 aromatic rings. The minimum Gasteiger partial charge on any atom is -0.375 e. The number of nitrogens with one attached hydrogen (secondary N) is 1. The van der Waals surface area contributed by atoms with Crippen molar-refractivity contribution in [1.29, 1.82) is 0 Å². The second-order valence-electron chi connectivity index (χ2n) is 4.93. The lowest BCUT2D eigenvalue weighted by molar-refractivity contribution is -0.385. The van der Waals surface area contributed by atoms with Gasteiger partial charge in [-0.15, -0.1) is 11.3 Å². The highest BCUT2D eigenvalue weighted by atomic mass is 35.5. The SMILES string of the molecule is COC(CNS(=O)(=O)c1cc([N+](=O)[O-])ccc1C)c1ccc(Cl)s1. The molecule has 130 valence electrons. The zero-order valence-electron chi connectivity index (χ0n) is 12.9. The van der Waals surface area contributed by atoms with E-state index in [2.05, 4.69) is 4.72 Å². The van der Waals surface area contributed by atoms with Crippen LogP contribution in [0.2, 0.25) is 4.34 Å². The summed E-state index contributed by atoms with van der Waals surface area (Å²) in [5.74, 6) is 0. The molecule has 0 fully saturated rings. The maximum atomic E-state index is 12.5. The van der Waals surface area contributed by atoms with Crippen molar-refractivity contribution in [2.75, 3.05) is 13.7 Å². The van der Waals surface area contributed by atoms with E-state index in [1.54, 1.807) is 19.1 Å². The quantitative estimate of drug-likeness (QED) is 0.577. The van der Waals surface area contributed by atoms with Crippen LogP contribution in [0.4, 0.5) is 5.69 Å². The van der Waals surface area contributed by atoms with Gasteiger partial charge < -0.3 is 4.74 Å². The van der Waals surface area contributed by atoms with E-state index >= 15 is 0 Å². The summed E-state index contributed by atoms with van der Waals surface area (Å²) in [6.07, 6.45) is -0.503. The molecular formula is C14H15ClN2O5S2. The summed E-state index contributed by atoms with van der Waals surface area (Å²) in [6.45, 7) is 1.56. The first-order chi connectivity index (χ1) is 11.2. The number of sulfonamides is 1. The Balaban J connectivity index is 2.22. The van der Waals surface area contributed by atoms with Gasteiger partial charge >= 0.3 is 0 Å². The van der Waals surface area contributed by atoms with E-state index in [1.807, 2.05) is 0 Å². The summed E-state index contributed by atoms with van der Waals surface area (Å²) < 4.78 is 33.2. The number of benzene rings is 1. The summed E-state index contributed by atoms with van der Waals surface area (Å²) in [7, 11) is -2.45. The number of methoxy groups -OCH3 is 1. The van der Waals surface area contributed by atoms with E-state index in [1.165, 1.54) is 30.6 Å². The number of nitro benzene ring substituents is 1. The normalized spacial score (nSPS) is 13.0. The number of rotatable bonds is 7. The number of non-ortho nitro benzene ring substituents is 1. The Hall–Kier alpha value is -1.52. The zero-order valence-corrected chi connectivity index (χ0v) is 15.2. The first kappa shape index (κ1) is 18.8. The van der Waals surface area contributed by atoms with Gasteiger partial charge in [-0.3, -0.25) is 10.1 Å². The van der Waals surface area contributed by atoms with Crippen molar-refractivity contribution in [3.63, 3.8) is 0 Å². The van der Waals surface area contributed by atoms with Gasteiger partial charge in [0.05, 0.1) is 14.2 Å². The number of thiophene rings is 1. The molecule has 1 N–H and O–H groups in total. The number of halogens is 1. The Morgan fingerprint density at radius 2 is 2.08 bits per heavy atom. The van der Waals surface area contributed by atoms with Crippen molar-refractivity contribution in [2.24, 2.45) is 0 Å². The fraction of sp³-hybridized carbons (Fsp3) is 0.286. The summed E-state index contributed by atoms with van der Waals surface area (Å²) in [5, 5.41) is 10.9. The topological polar surface area (TPSA) is 98.5 Å². The first-order valence-electron chi connectivity index (χ1n) is 6.77. The first-order valence-corrected chi connectivity index (χ1v) is 9.45. The van der Waals surface area contributed by atoms with Crippen molar-refractivity contribution in [1.82, 2.24) is 4.72 Å². The molecule has 0 amide bonds. The Kier molecular flexibility index (Phi) is 5.94. The molecule has 0 radical (unpaired) electrons. The molecule has 1 unspecified atom stereocenters. The minimum atomic E-state index is -3.92. The van der Waals surface area contributed by atoms with Crippen LogP contribution in [0.3, 0.4) is 0 Å². The van der Waals surface area contributed by atoms with Crippen molar-refractivity contribution in [2.45, 2.75) is 17.9 Å². The molecule has 0 aliphatic heterocycles. The molecule has 0 aliphatic carbocycles. The highest BCUT2D eigenvalue weighted by Gasteiger charge is 2.23. The molecule has 0 saturated carbocycles. The third-order valence-corrected chi connectivity index (χ3v) is 6.22. The van der Waals surface area contributed by atoms with Crippen molar-refractivity contribution >= 4 is 38.6 Å². The van der Waals surface area contributed by atoms with E-state index in [0.29, 0.717) is 9.90 Å². The summed E-state index contributed by atoms with van der Waals surface area (Å²) >= 11 is 7.17. The van der Waals surface area contributed by atoms with Crippen LogP contribution in [0.25, 0.3) is 0 Å². The van der Waals surface area contributed by atoms with Gasteiger partial charge in [0.15, 0.2) is 0 Å². The highest BCUT2D eigenvalue weighted by molar-refractivity contribution is 7.89. The lowest BCUT2D eigenvalue weighted by Gasteiger charge is -2.15. The fourth-order valence-electron chi connectivity index (χ4n) is 2.06. The molecule has 24 heavy (non-hydrogen) atoms. The summed E-state index contributed by atoms with van der Waals surface area (Å²) in [5.41, 5.74) is 0.135. The van der Waals surface area contributed by atoms with Crippen LogP contribution in [0.5, 0.6) is 0 Å². The van der Waals surface area contributed by atoms with E-state index in [-0.39, 0.29) is 17.1 Å². The van der Waals surface area contributed by atoms with Gasteiger partial charge in [-0.05, 0) is 24.6 Å². The Morgan fingerprint density at radius 3 is 2.62 bits per heavy atom. The van der Waals surface area contributed by atoms with Crippen LogP contribution < -0.4 is 4.72 Å². The third-order valence-electron chi connectivity index (χ3n) is 3.33. The van der Waals surface area contributed by atoms with E-state index < -0.39 is 21.1 Å². The monoisotopic (exact) mass is 390 g/mol. The Bertz CT molecular complexity index is 851. The van der Waals surface area contributed by atoms with Gasteiger partial charge in [-0.1, -0.05) is 17.7 Å². The largest absolute Gasteiger partial charge is 0.375 e. The standard InChI is InChI=1S/C14H15ClN2O5S2/c1-9-3-4-10(17(18)19)7-13(9)24(20,21)16-8-11(22-2)12-5-6-14(15)23-12/h3-7,11,16H,8H2,1-2H3. The predicted molar refractivity (Wildman–Crippen MR) is 92.1 cm³/mol. The van der Waals surface area contributed by atoms with Crippen LogP contribution in [-0.4, -0.2) is 27.0 Å². The Morgan fingerprint density at radius 1 is 1.38 bits per heavy atom. The molecule has 2 rings (SSSR count). The van der Waals surface area contributed by atoms with Crippen molar-refractivity contribution in [3.8, 4) is 0 Å². The summed E-state index contributed by atoms with van der Waals surface area (Å²) in [6, 6.07) is 7.17. The molecule has 0 bridgehead atoms. The smallest absolute Gasteiger partial charge is 0.270 e. The molecule has 1 aromatic heterocycles. The van der Waals surface area contributed by atoms with Crippen LogP contribution in [-0.2, 0) is 14.8 Å². The molecule has 0 aliphatic rings. The average Bonchev–Trinajstić information content (AvgIpc) is 2.94. The molecular weight excluding hydrogens is 376 g/mol. The lowest BCUT2D eigenvalue weighted by Crippen LogP contribution is -2.29. The van der Waals surface area contributed by atoms with Gasteiger partial charge in [-0.2, -0.15) is 0 Å². The average molecular weight is 391 g/mol. The number of ether oxygens (including phenoxy) is 1.